The van der Waals surface area contributed by atoms with Crippen LogP contribution < -0.4 is 5.73 Å². The zero-order valence-corrected chi connectivity index (χ0v) is 14.5. The third-order valence-electron chi connectivity index (χ3n) is 4.20. The van der Waals surface area contributed by atoms with E-state index in [-0.39, 0.29) is 6.54 Å². The van der Waals surface area contributed by atoms with Gasteiger partial charge < -0.3 is 10.7 Å². The molecule has 5 nitrogen and oxygen atoms in total. The predicted octanol–water partition coefficient (Wildman–Crippen LogP) is 3.86. The van der Waals surface area contributed by atoms with Gasteiger partial charge in [-0.25, -0.2) is 9.37 Å². The van der Waals surface area contributed by atoms with Crippen molar-refractivity contribution in [3.8, 4) is 11.4 Å². The Labute approximate surface area is 154 Å². The van der Waals surface area contributed by atoms with Gasteiger partial charge in [-0.05, 0) is 34.9 Å². The lowest BCUT2D eigenvalue weighted by Gasteiger charge is -2.07. The average Bonchev–Trinajstić information content (AvgIpc) is 3.04. The topological polar surface area (TPSA) is 80.5 Å². The normalized spacial score (nSPS) is 11.2. The molecule has 0 aliphatic heterocycles. The molecule has 4 aromatic heterocycles. The van der Waals surface area contributed by atoms with E-state index in [4.69, 9.17) is 17.3 Å². The second-order valence-electron chi connectivity index (χ2n) is 5.96. The van der Waals surface area contributed by atoms with E-state index in [0.29, 0.717) is 28.4 Å². The van der Waals surface area contributed by atoms with Gasteiger partial charge in [0, 0.05) is 36.9 Å². The van der Waals surface area contributed by atoms with Gasteiger partial charge in [-0.15, -0.1) is 0 Å². The molecule has 0 saturated heterocycles. The lowest BCUT2D eigenvalue weighted by molar-refractivity contribution is 0.619. The summed E-state index contributed by atoms with van der Waals surface area (Å²) in [7, 11) is 0. The minimum absolute atomic E-state index is 0.201. The van der Waals surface area contributed by atoms with Crippen LogP contribution in [0.1, 0.15) is 16.7 Å². The van der Waals surface area contributed by atoms with Gasteiger partial charge in [-0.1, -0.05) is 17.7 Å². The molecule has 26 heavy (non-hydrogen) atoms. The molecule has 0 aliphatic carbocycles. The molecule has 0 radical (unpaired) electrons. The lowest BCUT2D eigenvalue weighted by atomic mass is 10.1. The zero-order valence-electron chi connectivity index (χ0n) is 13.7. The number of hydrogen-bond acceptors (Lipinski definition) is 4. The zero-order chi connectivity index (χ0) is 18.1. The van der Waals surface area contributed by atoms with Crippen molar-refractivity contribution in [1.29, 1.82) is 0 Å². The molecule has 4 heterocycles. The Bertz CT molecular complexity index is 1080. The Morgan fingerprint density at radius 2 is 1.92 bits per heavy atom. The van der Waals surface area contributed by atoms with Gasteiger partial charge in [-0.3, -0.25) is 9.97 Å². The Morgan fingerprint density at radius 3 is 2.69 bits per heavy atom. The average molecular weight is 368 g/mol. The number of hydrogen-bond donors (Lipinski definition) is 2. The van der Waals surface area contributed by atoms with Gasteiger partial charge in [0.15, 0.2) is 0 Å². The molecule has 0 amide bonds. The number of aromatic amines is 1. The molecule has 0 atom stereocenters. The second-order valence-corrected chi connectivity index (χ2v) is 6.39. The van der Waals surface area contributed by atoms with Crippen molar-refractivity contribution in [3.63, 3.8) is 0 Å². The maximum Gasteiger partial charge on any atom is 0.141 e. The molecular formula is C19H15ClFN5. The van der Waals surface area contributed by atoms with Crippen LogP contribution in [0, 0.1) is 5.82 Å². The Morgan fingerprint density at radius 1 is 1.04 bits per heavy atom. The number of aromatic nitrogens is 4. The van der Waals surface area contributed by atoms with E-state index in [9.17, 15) is 4.39 Å². The van der Waals surface area contributed by atoms with E-state index in [1.165, 1.54) is 12.3 Å². The number of nitrogens with zero attached hydrogens (tertiary/aromatic N) is 3. The molecule has 4 rings (SSSR count). The predicted molar refractivity (Wildman–Crippen MR) is 99.2 cm³/mol. The smallest absolute Gasteiger partial charge is 0.141 e. The number of rotatable bonds is 4. The fraction of sp³-hybridized carbons (Fsp3) is 0.105. The largest absolute Gasteiger partial charge is 0.346 e. The highest BCUT2D eigenvalue weighted by Crippen LogP contribution is 2.24. The van der Waals surface area contributed by atoms with E-state index in [2.05, 4.69) is 19.9 Å². The molecule has 0 bridgehead atoms. The van der Waals surface area contributed by atoms with E-state index in [1.54, 1.807) is 12.4 Å². The number of nitrogens with one attached hydrogen (secondary N) is 1. The number of pyridine rings is 3. The second kappa shape index (κ2) is 6.82. The maximum atomic E-state index is 13.3. The van der Waals surface area contributed by atoms with Gasteiger partial charge in [0.1, 0.15) is 11.5 Å². The molecule has 0 unspecified atom stereocenters. The van der Waals surface area contributed by atoms with Gasteiger partial charge in [0.05, 0.1) is 22.6 Å². The summed E-state index contributed by atoms with van der Waals surface area (Å²) in [5.41, 5.74) is 10.5. The van der Waals surface area contributed by atoms with Gasteiger partial charge >= 0.3 is 0 Å². The van der Waals surface area contributed by atoms with Crippen LogP contribution in [0.4, 0.5) is 4.39 Å². The van der Waals surface area contributed by atoms with Gasteiger partial charge in [0.2, 0.25) is 0 Å². The number of nitrogens with two attached hydrogens (primary N) is 1. The van der Waals surface area contributed by atoms with Crippen LogP contribution in [0.5, 0.6) is 0 Å². The van der Waals surface area contributed by atoms with E-state index in [1.807, 2.05) is 24.4 Å². The van der Waals surface area contributed by atoms with Crippen molar-refractivity contribution >= 4 is 22.6 Å². The highest BCUT2D eigenvalue weighted by atomic mass is 35.5. The summed E-state index contributed by atoms with van der Waals surface area (Å²) in [6, 6.07) is 7.13. The van der Waals surface area contributed by atoms with Crippen LogP contribution >= 0.6 is 11.6 Å². The minimum atomic E-state index is -0.405. The van der Waals surface area contributed by atoms with E-state index in [0.717, 1.165) is 22.2 Å². The summed E-state index contributed by atoms with van der Waals surface area (Å²) in [5.74, 6) is -0.405. The van der Waals surface area contributed by atoms with Crippen molar-refractivity contribution in [2.75, 3.05) is 0 Å². The third kappa shape index (κ3) is 3.16. The molecular weight excluding hydrogens is 353 g/mol. The van der Waals surface area contributed by atoms with Crippen molar-refractivity contribution in [3.05, 3.63) is 76.6 Å². The molecule has 3 N–H and O–H groups in total. The molecule has 0 saturated carbocycles. The Hall–Kier alpha value is -2.83. The first-order chi connectivity index (χ1) is 12.6. The molecule has 0 fully saturated rings. The summed E-state index contributed by atoms with van der Waals surface area (Å²) in [5, 5.41) is 1.59. The Kier molecular flexibility index (Phi) is 4.36. The summed E-state index contributed by atoms with van der Waals surface area (Å²) in [6.07, 6.45) is 7.20. The molecule has 0 aromatic carbocycles. The summed E-state index contributed by atoms with van der Waals surface area (Å²) >= 11 is 6.05. The molecule has 4 aromatic rings. The third-order valence-corrected chi connectivity index (χ3v) is 4.41. The van der Waals surface area contributed by atoms with E-state index >= 15 is 0 Å². The lowest BCUT2D eigenvalue weighted by Crippen LogP contribution is -2.03. The summed E-state index contributed by atoms with van der Waals surface area (Å²) in [4.78, 5) is 16.0. The summed E-state index contributed by atoms with van der Waals surface area (Å²) in [6.45, 7) is 0.201. The monoisotopic (exact) mass is 367 g/mol. The molecule has 7 heteroatoms. The van der Waals surface area contributed by atoms with Crippen molar-refractivity contribution in [1.82, 2.24) is 19.9 Å². The standard InChI is InChI=1S/C19H15ClFN5/c20-14-5-16-13(8-25-19(16)26-9-14)3-11-1-2-17(23-7-11)18-12(6-22)4-15(21)10-24-18/h1-2,4-5,7-10H,3,6,22H2,(H,25,26). The van der Waals surface area contributed by atoms with Crippen molar-refractivity contribution in [2.45, 2.75) is 13.0 Å². The Balaban J connectivity index is 1.63. The van der Waals surface area contributed by atoms with Crippen LogP contribution in [-0.4, -0.2) is 19.9 Å². The first kappa shape index (κ1) is 16.6. The van der Waals surface area contributed by atoms with Gasteiger partial charge in [0.25, 0.3) is 0 Å². The summed E-state index contributed by atoms with van der Waals surface area (Å²) < 4.78 is 13.3. The number of H-pyrrole nitrogens is 1. The first-order valence-electron chi connectivity index (χ1n) is 8.05. The quantitative estimate of drug-likeness (QED) is 0.574. The van der Waals surface area contributed by atoms with Crippen molar-refractivity contribution < 1.29 is 4.39 Å². The van der Waals surface area contributed by atoms with Crippen LogP contribution in [0.3, 0.4) is 0 Å². The fourth-order valence-corrected chi connectivity index (χ4v) is 3.09. The molecule has 0 aliphatic rings. The molecule has 0 spiro atoms. The van der Waals surface area contributed by atoms with Crippen LogP contribution in [0.15, 0.2) is 49.1 Å². The van der Waals surface area contributed by atoms with Crippen LogP contribution in [0.2, 0.25) is 5.02 Å². The first-order valence-corrected chi connectivity index (χ1v) is 8.43. The van der Waals surface area contributed by atoms with E-state index < -0.39 is 5.82 Å². The minimum Gasteiger partial charge on any atom is -0.346 e. The highest BCUT2D eigenvalue weighted by molar-refractivity contribution is 6.31. The number of fused-ring (bicyclic) bond motifs is 1. The SMILES string of the molecule is NCc1cc(F)cnc1-c1ccc(Cc2c[nH]c3ncc(Cl)cc23)cn1. The maximum absolute atomic E-state index is 13.3. The van der Waals surface area contributed by atoms with Crippen molar-refractivity contribution in [2.24, 2.45) is 5.73 Å². The highest BCUT2D eigenvalue weighted by Gasteiger charge is 2.10. The van der Waals surface area contributed by atoms with Crippen LogP contribution in [-0.2, 0) is 13.0 Å². The van der Waals surface area contributed by atoms with Crippen LogP contribution in [0.25, 0.3) is 22.4 Å². The molecule has 130 valence electrons. The van der Waals surface area contributed by atoms with Gasteiger partial charge in [-0.2, -0.15) is 0 Å². The number of halogens is 2. The fourth-order valence-electron chi connectivity index (χ4n) is 2.94.